The molecule has 1 saturated heterocycles. The number of carbonyl (C=O) groups excluding carboxylic acids is 1. The van der Waals surface area contributed by atoms with Crippen LogP contribution in [0, 0.1) is 0 Å². The van der Waals surface area contributed by atoms with Crippen molar-refractivity contribution in [3.8, 4) is 0 Å². The standard InChI is InChI=1S/C44H89NO6Si/c1-4-5-6-7-8-14-17-21-31-40-48-43(47)34-25-24-28-37-45(38-29-30-39-46)36-27-20-23-33-42-50-52(2,3)51-44-35-26-19-16-13-11-9-10-12-15-18-22-32-41-49-44/h44,46H,4-42H2,1-3H3. The van der Waals surface area contributed by atoms with Crippen LogP contribution in [0.2, 0.25) is 13.1 Å². The molecule has 0 aliphatic carbocycles. The lowest BCUT2D eigenvalue weighted by Gasteiger charge is -2.29. The Labute approximate surface area is 324 Å². The van der Waals surface area contributed by atoms with Gasteiger partial charge in [0.25, 0.3) is 0 Å². The number of hydrogen-bond donors (Lipinski definition) is 1. The highest BCUT2D eigenvalue weighted by molar-refractivity contribution is 6.64. The lowest BCUT2D eigenvalue weighted by Crippen LogP contribution is -2.40. The van der Waals surface area contributed by atoms with Crippen LogP contribution in [0.25, 0.3) is 0 Å². The van der Waals surface area contributed by atoms with Gasteiger partial charge in [-0.1, -0.05) is 142 Å². The smallest absolute Gasteiger partial charge is 0.333 e. The Morgan fingerprint density at radius 1 is 0.615 bits per heavy atom. The molecule has 0 bridgehead atoms. The summed E-state index contributed by atoms with van der Waals surface area (Å²) >= 11 is 0. The van der Waals surface area contributed by atoms with Crippen molar-refractivity contribution < 1.29 is 28.2 Å². The Morgan fingerprint density at radius 2 is 1.10 bits per heavy atom. The van der Waals surface area contributed by atoms with Crippen molar-refractivity contribution in [2.45, 2.75) is 232 Å². The quantitative estimate of drug-likeness (QED) is 0.0444. The number of nitrogens with zero attached hydrogens (tertiary/aromatic N) is 1. The van der Waals surface area contributed by atoms with Crippen LogP contribution in [0.1, 0.15) is 212 Å². The van der Waals surface area contributed by atoms with Crippen LogP contribution in [0.3, 0.4) is 0 Å². The number of unbranched alkanes of at least 4 members (excludes halogenated alkanes) is 14. The molecule has 0 amide bonds. The topological polar surface area (TPSA) is 77.5 Å². The number of rotatable bonds is 30. The van der Waals surface area contributed by atoms with Crippen molar-refractivity contribution in [1.29, 1.82) is 0 Å². The Morgan fingerprint density at radius 3 is 1.69 bits per heavy atom. The van der Waals surface area contributed by atoms with Crippen molar-refractivity contribution in [2.24, 2.45) is 0 Å². The zero-order valence-corrected chi connectivity index (χ0v) is 36.1. The van der Waals surface area contributed by atoms with Gasteiger partial charge in [-0.15, -0.1) is 0 Å². The molecule has 1 fully saturated rings. The monoisotopic (exact) mass is 756 g/mol. The molecule has 0 radical (unpaired) electrons. The Kier molecular flexibility index (Phi) is 35.6. The second-order valence-corrected chi connectivity index (χ2v) is 19.6. The first kappa shape index (κ1) is 49.5. The van der Waals surface area contributed by atoms with Gasteiger partial charge in [0, 0.05) is 26.2 Å². The third-order valence-corrected chi connectivity index (χ3v) is 12.3. The second-order valence-electron chi connectivity index (χ2n) is 16.2. The maximum absolute atomic E-state index is 12.2. The minimum Gasteiger partial charge on any atom is -0.466 e. The highest BCUT2D eigenvalue weighted by Crippen LogP contribution is 2.20. The Balaban J connectivity index is 2.18. The van der Waals surface area contributed by atoms with Gasteiger partial charge in [0.1, 0.15) is 6.29 Å². The fraction of sp³-hybridized carbons (Fsp3) is 0.977. The average molecular weight is 756 g/mol. The highest BCUT2D eigenvalue weighted by Gasteiger charge is 2.29. The van der Waals surface area contributed by atoms with Gasteiger partial charge in [-0.05, 0) is 96.9 Å². The average Bonchev–Trinajstić information content (AvgIpc) is 3.12. The molecule has 1 heterocycles. The first-order chi connectivity index (χ1) is 25.5. The summed E-state index contributed by atoms with van der Waals surface area (Å²) in [5.74, 6) is -0.0260. The number of aliphatic hydroxyl groups excluding tert-OH is 1. The maximum Gasteiger partial charge on any atom is 0.333 e. The van der Waals surface area contributed by atoms with Crippen molar-refractivity contribution in [3.05, 3.63) is 0 Å². The predicted molar refractivity (Wildman–Crippen MR) is 222 cm³/mol. The summed E-state index contributed by atoms with van der Waals surface area (Å²) in [5.41, 5.74) is 0. The summed E-state index contributed by atoms with van der Waals surface area (Å²) in [5, 5.41) is 9.29. The predicted octanol–water partition coefficient (Wildman–Crippen LogP) is 12.4. The fourth-order valence-corrected chi connectivity index (χ4v) is 8.79. The van der Waals surface area contributed by atoms with Crippen LogP contribution >= 0.6 is 0 Å². The van der Waals surface area contributed by atoms with E-state index >= 15 is 0 Å². The molecule has 1 aliphatic heterocycles. The van der Waals surface area contributed by atoms with Gasteiger partial charge < -0.3 is 28.3 Å². The molecular weight excluding hydrogens is 667 g/mol. The van der Waals surface area contributed by atoms with Gasteiger partial charge in [-0.2, -0.15) is 0 Å². The normalized spacial score (nSPS) is 17.4. The molecule has 8 heteroatoms. The van der Waals surface area contributed by atoms with E-state index in [1.54, 1.807) is 0 Å². The van der Waals surface area contributed by atoms with E-state index in [9.17, 15) is 9.90 Å². The van der Waals surface area contributed by atoms with Gasteiger partial charge in [0.05, 0.1) is 6.61 Å². The number of hydrogen-bond acceptors (Lipinski definition) is 7. The number of aliphatic hydroxyl groups is 1. The molecule has 0 spiro atoms. The summed E-state index contributed by atoms with van der Waals surface area (Å²) in [7, 11) is -2.25. The van der Waals surface area contributed by atoms with Gasteiger partial charge in [0.15, 0.2) is 0 Å². The lowest BCUT2D eigenvalue weighted by atomic mass is 10.0. The molecule has 1 unspecified atom stereocenters. The summed E-state index contributed by atoms with van der Waals surface area (Å²) in [6, 6.07) is 0. The summed E-state index contributed by atoms with van der Waals surface area (Å²) in [6.07, 6.45) is 38.5. The number of esters is 1. The molecule has 1 atom stereocenters. The van der Waals surface area contributed by atoms with E-state index in [0.29, 0.717) is 13.0 Å². The van der Waals surface area contributed by atoms with Crippen molar-refractivity contribution in [2.75, 3.05) is 46.1 Å². The van der Waals surface area contributed by atoms with E-state index < -0.39 is 8.56 Å². The second kappa shape index (κ2) is 37.4. The summed E-state index contributed by atoms with van der Waals surface area (Å²) in [6.45, 7) is 12.3. The third kappa shape index (κ3) is 34.0. The first-order valence-corrected chi connectivity index (χ1v) is 25.7. The lowest BCUT2D eigenvalue weighted by molar-refractivity contribution is -0.143. The zero-order valence-electron chi connectivity index (χ0n) is 35.1. The fourth-order valence-electron chi connectivity index (χ4n) is 7.27. The van der Waals surface area contributed by atoms with Gasteiger partial charge in [0.2, 0.25) is 0 Å². The van der Waals surface area contributed by atoms with E-state index in [1.165, 1.54) is 141 Å². The van der Waals surface area contributed by atoms with Crippen LogP contribution < -0.4 is 0 Å². The third-order valence-electron chi connectivity index (χ3n) is 10.6. The molecule has 0 aromatic rings. The highest BCUT2D eigenvalue weighted by atomic mass is 28.4. The van der Waals surface area contributed by atoms with E-state index in [0.717, 1.165) is 90.6 Å². The van der Waals surface area contributed by atoms with E-state index in [-0.39, 0.29) is 18.9 Å². The largest absolute Gasteiger partial charge is 0.466 e. The minimum absolute atomic E-state index is 0.0260. The van der Waals surface area contributed by atoms with Crippen LogP contribution in [-0.4, -0.2) is 76.9 Å². The van der Waals surface area contributed by atoms with E-state index in [2.05, 4.69) is 24.9 Å². The molecular formula is C44H89NO6Si. The van der Waals surface area contributed by atoms with Crippen LogP contribution in [-0.2, 0) is 23.1 Å². The van der Waals surface area contributed by atoms with E-state index in [4.69, 9.17) is 18.3 Å². The van der Waals surface area contributed by atoms with Gasteiger partial charge in [-0.25, -0.2) is 0 Å². The summed E-state index contributed by atoms with van der Waals surface area (Å²) < 4.78 is 24.7. The molecule has 0 aromatic carbocycles. The molecule has 1 N–H and O–H groups in total. The molecule has 0 aromatic heterocycles. The Hall–Kier alpha value is -0.513. The number of carbonyl (C=O) groups is 1. The summed E-state index contributed by atoms with van der Waals surface area (Å²) in [4.78, 5) is 14.7. The molecule has 1 aliphatic rings. The SMILES string of the molecule is CCCCCCCCCCCOC(=O)CCCCCN(CCCCO)CCCCCCO[Si](C)(C)OC1CCCCCCCCCCCCCCO1. The van der Waals surface area contributed by atoms with E-state index in [1.807, 2.05) is 0 Å². The van der Waals surface area contributed by atoms with Crippen LogP contribution in [0.4, 0.5) is 0 Å². The zero-order chi connectivity index (χ0) is 37.6. The molecule has 7 nitrogen and oxygen atoms in total. The molecule has 52 heavy (non-hydrogen) atoms. The maximum atomic E-state index is 12.2. The van der Waals surface area contributed by atoms with Crippen molar-refractivity contribution in [3.63, 3.8) is 0 Å². The Bertz CT molecular complexity index is 740. The van der Waals surface area contributed by atoms with Crippen molar-refractivity contribution >= 4 is 14.5 Å². The van der Waals surface area contributed by atoms with Crippen molar-refractivity contribution in [1.82, 2.24) is 4.90 Å². The van der Waals surface area contributed by atoms with Gasteiger partial charge >= 0.3 is 14.5 Å². The van der Waals surface area contributed by atoms with Crippen LogP contribution in [0.15, 0.2) is 0 Å². The number of ether oxygens (including phenoxy) is 2. The molecule has 1 rings (SSSR count). The van der Waals surface area contributed by atoms with Gasteiger partial charge in [-0.3, -0.25) is 4.79 Å². The molecule has 0 saturated carbocycles. The van der Waals surface area contributed by atoms with Crippen LogP contribution in [0.5, 0.6) is 0 Å². The first-order valence-electron chi connectivity index (χ1n) is 22.9. The molecule has 310 valence electrons. The minimum atomic E-state index is -2.25.